The molecule has 0 saturated carbocycles. The molecule has 0 spiro atoms. The van der Waals surface area contributed by atoms with Crippen molar-refractivity contribution in [1.82, 2.24) is 0 Å². The molecule has 1 N–H and O–H groups in total. The summed E-state index contributed by atoms with van der Waals surface area (Å²) >= 11 is 5.73. The molecule has 0 aliphatic rings. The highest BCUT2D eigenvalue weighted by molar-refractivity contribution is 7.91. The lowest BCUT2D eigenvalue weighted by Gasteiger charge is -2.12. The van der Waals surface area contributed by atoms with E-state index in [1.165, 1.54) is 19.2 Å². The zero-order chi connectivity index (χ0) is 16.5. The molecular weight excluding hydrogens is 335 g/mol. The molecule has 0 amide bonds. The quantitative estimate of drug-likeness (QED) is 0.921. The Kier molecular flexibility index (Phi) is 4.48. The number of aromatic hydroxyl groups is 1. The maximum atomic E-state index is 13.8. The molecule has 0 heterocycles. The van der Waals surface area contributed by atoms with Gasteiger partial charge in [0.25, 0.3) is 0 Å². The third-order valence-electron chi connectivity index (χ3n) is 2.93. The van der Waals surface area contributed by atoms with Crippen molar-refractivity contribution in [3.05, 3.63) is 41.2 Å². The van der Waals surface area contributed by atoms with Gasteiger partial charge in [0.05, 0.1) is 19.1 Å². The smallest absolute Gasteiger partial charge is 0.210 e. The Hall–Kier alpha value is -1.99. The molecule has 22 heavy (non-hydrogen) atoms. The number of hydrogen-bond acceptors (Lipinski definition) is 5. The average molecular weight is 347 g/mol. The number of ether oxygens (including phenoxy) is 2. The minimum Gasteiger partial charge on any atom is -0.504 e. The van der Waals surface area contributed by atoms with Gasteiger partial charge in [0.1, 0.15) is 4.90 Å². The minimum absolute atomic E-state index is 0.0254. The summed E-state index contributed by atoms with van der Waals surface area (Å²) in [6, 6.07) is 5.52. The maximum Gasteiger partial charge on any atom is 0.210 e. The van der Waals surface area contributed by atoms with E-state index in [0.29, 0.717) is 0 Å². The normalized spacial score (nSPS) is 11.3. The van der Waals surface area contributed by atoms with E-state index < -0.39 is 26.3 Å². The Morgan fingerprint density at radius 3 is 2.41 bits per heavy atom. The highest BCUT2D eigenvalue weighted by Crippen LogP contribution is 2.36. The van der Waals surface area contributed by atoms with Crippen LogP contribution in [0.2, 0.25) is 5.02 Å². The first-order chi connectivity index (χ1) is 10.3. The predicted molar refractivity (Wildman–Crippen MR) is 78.1 cm³/mol. The van der Waals surface area contributed by atoms with Crippen molar-refractivity contribution >= 4 is 21.4 Å². The highest BCUT2D eigenvalue weighted by Gasteiger charge is 2.26. The van der Waals surface area contributed by atoms with E-state index in [1.54, 1.807) is 0 Å². The number of phenolic OH excluding ortho intramolecular Hbond substituents is 1. The number of hydrogen-bond donors (Lipinski definition) is 1. The van der Waals surface area contributed by atoms with Crippen LogP contribution in [0.3, 0.4) is 0 Å². The number of rotatable bonds is 4. The molecule has 0 fully saturated rings. The fourth-order valence-corrected chi connectivity index (χ4v) is 3.63. The van der Waals surface area contributed by atoms with Crippen molar-refractivity contribution < 1.29 is 27.4 Å². The summed E-state index contributed by atoms with van der Waals surface area (Å²) in [7, 11) is -1.68. The van der Waals surface area contributed by atoms with Crippen molar-refractivity contribution in [3.8, 4) is 17.2 Å². The molecule has 2 aromatic rings. The molecule has 0 unspecified atom stereocenters. The minimum atomic E-state index is -4.12. The van der Waals surface area contributed by atoms with Crippen molar-refractivity contribution in [3.63, 3.8) is 0 Å². The third kappa shape index (κ3) is 2.82. The van der Waals surface area contributed by atoms with Gasteiger partial charge in [0.2, 0.25) is 9.84 Å². The Morgan fingerprint density at radius 1 is 1.14 bits per heavy atom. The maximum absolute atomic E-state index is 13.8. The Morgan fingerprint density at radius 2 is 1.82 bits per heavy atom. The van der Waals surface area contributed by atoms with Gasteiger partial charge in [-0.1, -0.05) is 11.6 Å². The molecule has 0 aliphatic heterocycles. The number of benzene rings is 2. The molecule has 2 aromatic carbocycles. The summed E-state index contributed by atoms with van der Waals surface area (Å²) in [4.78, 5) is -0.602. The molecule has 0 aliphatic carbocycles. The Balaban J connectivity index is 2.70. The molecular formula is C14H12ClFO5S. The summed E-state index contributed by atoms with van der Waals surface area (Å²) in [5.74, 6) is -1.57. The van der Waals surface area contributed by atoms with Gasteiger partial charge in [0, 0.05) is 11.1 Å². The molecule has 8 heteroatoms. The van der Waals surface area contributed by atoms with Gasteiger partial charge in [-0.2, -0.15) is 0 Å². The lowest BCUT2D eigenvalue weighted by atomic mass is 10.3. The topological polar surface area (TPSA) is 72.8 Å². The molecule has 5 nitrogen and oxygen atoms in total. The van der Waals surface area contributed by atoms with Crippen LogP contribution in [0.4, 0.5) is 4.39 Å². The number of phenols is 1. The van der Waals surface area contributed by atoms with Crippen molar-refractivity contribution in [2.75, 3.05) is 14.2 Å². The summed E-state index contributed by atoms with van der Waals surface area (Å²) in [6.07, 6.45) is 0. The van der Waals surface area contributed by atoms with Crippen molar-refractivity contribution in [1.29, 1.82) is 0 Å². The molecule has 2 rings (SSSR count). The monoisotopic (exact) mass is 346 g/mol. The Bertz CT molecular complexity index is 820. The average Bonchev–Trinajstić information content (AvgIpc) is 2.46. The third-order valence-corrected chi connectivity index (χ3v) is 4.90. The van der Waals surface area contributed by atoms with Crippen LogP contribution in [-0.4, -0.2) is 27.7 Å². The largest absolute Gasteiger partial charge is 0.504 e. The van der Waals surface area contributed by atoms with Crippen LogP contribution in [0, 0.1) is 5.82 Å². The second-order valence-corrected chi connectivity index (χ2v) is 6.61. The molecule has 118 valence electrons. The van der Waals surface area contributed by atoms with Crippen LogP contribution in [0.1, 0.15) is 0 Å². The van der Waals surface area contributed by atoms with Crippen LogP contribution in [0.5, 0.6) is 17.2 Å². The van der Waals surface area contributed by atoms with E-state index in [-0.39, 0.29) is 21.4 Å². The second kappa shape index (κ2) is 6.02. The SMILES string of the molecule is COc1cc(S(=O)(=O)c2cc(Cl)cc(F)c2OC)ccc1O. The van der Waals surface area contributed by atoms with Gasteiger partial charge in [-0.25, -0.2) is 12.8 Å². The van der Waals surface area contributed by atoms with Crippen molar-refractivity contribution in [2.24, 2.45) is 0 Å². The first-order valence-corrected chi connectivity index (χ1v) is 7.82. The van der Waals surface area contributed by atoms with E-state index in [2.05, 4.69) is 0 Å². The van der Waals surface area contributed by atoms with Gasteiger partial charge in [-0.05, 0) is 24.3 Å². The number of sulfone groups is 1. The zero-order valence-corrected chi connectivity index (χ0v) is 13.2. The van der Waals surface area contributed by atoms with Crippen LogP contribution in [-0.2, 0) is 9.84 Å². The molecule has 0 atom stereocenters. The molecule has 0 bridgehead atoms. The summed E-state index contributed by atoms with van der Waals surface area (Å²) in [5.41, 5.74) is 0. The summed E-state index contributed by atoms with van der Waals surface area (Å²) in [5, 5.41) is 9.45. The summed E-state index contributed by atoms with van der Waals surface area (Å²) < 4.78 is 48.8. The van der Waals surface area contributed by atoms with E-state index >= 15 is 0 Å². The zero-order valence-electron chi connectivity index (χ0n) is 11.6. The second-order valence-electron chi connectivity index (χ2n) is 4.26. The van der Waals surface area contributed by atoms with E-state index in [1.807, 2.05) is 0 Å². The van der Waals surface area contributed by atoms with Gasteiger partial charge < -0.3 is 14.6 Å². The van der Waals surface area contributed by atoms with Gasteiger partial charge in [0.15, 0.2) is 23.1 Å². The first kappa shape index (κ1) is 16.4. The van der Waals surface area contributed by atoms with E-state index in [9.17, 15) is 17.9 Å². The first-order valence-electron chi connectivity index (χ1n) is 5.96. The predicted octanol–water partition coefficient (Wildman–Crippen LogP) is 3.03. The number of halogens is 2. The number of methoxy groups -OCH3 is 2. The lowest BCUT2D eigenvalue weighted by molar-refractivity contribution is 0.371. The highest BCUT2D eigenvalue weighted by atomic mass is 35.5. The fourth-order valence-electron chi connectivity index (χ4n) is 1.89. The molecule has 0 radical (unpaired) electrons. The van der Waals surface area contributed by atoms with Gasteiger partial charge >= 0.3 is 0 Å². The van der Waals surface area contributed by atoms with Crippen LogP contribution in [0.15, 0.2) is 40.1 Å². The van der Waals surface area contributed by atoms with Crippen LogP contribution >= 0.6 is 11.6 Å². The Labute approximate surface area is 131 Å². The fraction of sp³-hybridized carbons (Fsp3) is 0.143. The lowest BCUT2D eigenvalue weighted by Crippen LogP contribution is -2.06. The summed E-state index contributed by atoms with van der Waals surface area (Å²) in [6.45, 7) is 0. The molecule has 0 aromatic heterocycles. The van der Waals surface area contributed by atoms with Gasteiger partial charge in [-0.3, -0.25) is 0 Å². The van der Waals surface area contributed by atoms with E-state index in [4.69, 9.17) is 21.1 Å². The molecule has 0 saturated heterocycles. The van der Waals surface area contributed by atoms with Gasteiger partial charge in [-0.15, -0.1) is 0 Å². The van der Waals surface area contributed by atoms with E-state index in [0.717, 1.165) is 25.3 Å². The van der Waals surface area contributed by atoms with Crippen LogP contribution in [0.25, 0.3) is 0 Å². The van der Waals surface area contributed by atoms with Crippen LogP contribution < -0.4 is 9.47 Å². The van der Waals surface area contributed by atoms with Crippen molar-refractivity contribution in [2.45, 2.75) is 9.79 Å². The standard InChI is InChI=1S/C14H12ClFO5S/c1-20-12-7-9(3-4-11(12)17)22(18,19)13-6-8(15)5-10(16)14(13)21-2/h3-7,17H,1-2H3.